The number of benzene rings is 1. The molecule has 1 rings (SSSR count). The van der Waals surface area contributed by atoms with E-state index in [0.717, 1.165) is 11.3 Å². The molecule has 0 amide bonds. The maximum absolute atomic E-state index is 9.00. The smallest absolute Gasteiger partial charge is 0.143 e. The number of hydrogen-bond acceptors (Lipinski definition) is 3. The standard InChI is InChI=1S/C12H17NOS/c1-5-15-12(13-14)11-9(3)6-8(2)7-10(11)4/h6-7,14H,5H2,1-4H3. The number of thioether (sulfide) groups is 1. The van der Waals surface area contributed by atoms with Crippen LogP contribution in [0.2, 0.25) is 0 Å². The summed E-state index contributed by atoms with van der Waals surface area (Å²) in [6.45, 7) is 8.23. The zero-order valence-corrected chi connectivity index (χ0v) is 10.5. The van der Waals surface area contributed by atoms with Gasteiger partial charge >= 0.3 is 0 Å². The minimum atomic E-state index is 0.715. The van der Waals surface area contributed by atoms with Crippen LogP contribution in [-0.4, -0.2) is 16.0 Å². The second kappa shape index (κ2) is 5.21. The van der Waals surface area contributed by atoms with Gasteiger partial charge in [0.2, 0.25) is 0 Å². The third-order valence-corrected chi connectivity index (χ3v) is 3.11. The van der Waals surface area contributed by atoms with E-state index in [4.69, 9.17) is 5.21 Å². The lowest BCUT2D eigenvalue weighted by molar-refractivity contribution is 0.321. The molecular weight excluding hydrogens is 206 g/mol. The van der Waals surface area contributed by atoms with Gasteiger partial charge in [-0.15, -0.1) is 11.8 Å². The SMILES string of the molecule is CCSC(=NO)c1c(C)cc(C)cc1C. The van der Waals surface area contributed by atoms with E-state index in [1.165, 1.54) is 16.7 Å². The first kappa shape index (κ1) is 12.1. The Morgan fingerprint density at radius 2 is 1.80 bits per heavy atom. The van der Waals surface area contributed by atoms with Crippen molar-refractivity contribution in [2.24, 2.45) is 5.16 Å². The van der Waals surface area contributed by atoms with Crippen molar-refractivity contribution in [3.63, 3.8) is 0 Å². The number of aryl methyl sites for hydroxylation is 3. The highest BCUT2D eigenvalue weighted by molar-refractivity contribution is 8.14. The summed E-state index contributed by atoms with van der Waals surface area (Å²) in [5.41, 5.74) is 4.64. The van der Waals surface area contributed by atoms with E-state index >= 15 is 0 Å². The van der Waals surface area contributed by atoms with Crippen LogP contribution in [0.3, 0.4) is 0 Å². The molecule has 82 valence electrons. The number of nitrogens with zero attached hydrogens (tertiary/aromatic N) is 1. The van der Waals surface area contributed by atoms with Crippen LogP contribution in [-0.2, 0) is 0 Å². The lowest BCUT2D eigenvalue weighted by Gasteiger charge is -2.11. The van der Waals surface area contributed by atoms with Gasteiger partial charge in [-0.05, 0) is 37.7 Å². The Kier molecular flexibility index (Phi) is 4.21. The van der Waals surface area contributed by atoms with Crippen molar-refractivity contribution in [2.75, 3.05) is 5.75 Å². The predicted octanol–water partition coefficient (Wildman–Crippen LogP) is 3.50. The molecule has 0 unspecified atom stereocenters. The molecule has 0 saturated heterocycles. The van der Waals surface area contributed by atoms with Gasteiger partial charge in [0, 0.05) is 5.56 Å². The normalized spacial score (nSPS) is 11.9. The molecule has 1 aromatic rings. The molecule has 0 aliphatic rings. The van der Waals surface area contributed by atoms with Crippen LogP contribution in [0.5, 0.6) is 0 Å². The Bertz CT molecular complexity index is 362. The van der Waals surface area contributed by atoms with Crippen molar-refractivity contribution in [3.05, 3.63) is 34.4 Å². The molecule has 0 aliphatic heterocycles. The molecule has 0 aliphatic carbocycles. The van der Waals surface area contributed by atoms with Gasteiger partial charge in [0.1, 0.15) is 5.04 Å². The van der Waals surface area contributed by atoms with Crippen LogP contribution in [0.15, 0.2) is 17.3 Å². The Labute approximate surface area is 95.4 Å². The summed E-state index contributed by atoms with van der Waals surface area (Å²) in [5.74, 6) is 0.909. The topological polar surface area (TPSA) is 32.6 Å². The van der Waals surface area contributed by atoms with E-state index in [0.29, 0.717) is 5.04 Å². The fourth-order valence-electron chi connectivity index (χ4n) is 1.81. The summed E-state index contributed by atoms with van der Waals surface area (Å²) >= 11 is 1.56. The molecule has 1 N–H and O–H groups in total. The molecule has 15 heavy (non-hydrogen) atoms. The predicted molar refractivity (Wildman–Crippen MR) is 67.1 cm³/mol. The third-order valence-electron chi connectivity index (χ3n) is 2.26. The van der Waals surface area contributed by atoms with E-state index in [1.54, 1.807) is 11.8 Å². The highest BCUT2D eigenvalue weighted by Gasteiger charge is 2.11. The molecule has 0 aromatic heterocycles. The second-order valence-corrected chi connectivity index (χ2v) is 4.86. The number of oxime groups is 1. The zero-order chi connectivity index (χ0) is 11.4. The lowest BCUT2D eigenvalue weighted by Crippen LogP contribution is -2.03. The quantitative estimate of drug-likeness (QED) is 0.360. The summed E-state index contributed by atoms with van der Waals surface area (Å²) < 4.78 is 0. The van der Waals surface area contributed by atoms with Gasteiger partial charge in [0.15, 0.2) is 0 Å². The van der Waals surface area contributed by atoms with Crippen molar-refractivity contribution >= 4 is 16.8 Å². The molecule has 0 radical (unpaired) electrons. The summed E-state index contributed by atoms with van der Waals surface area (Å²) in [7, 11) is 0. The van der Waals surface area contributed by atoms with Crippen molar-refractivity contribution in [3.8, 4) is 0 Å². The Morgan fingerprint density at radius 1 is 1.27 bits per heavy atom. The Balaban J connectivity index is 3.24. The van der Waals surface area contributed by atoms with Crippen LogP contribution < -0.4 is 0 Å². The van der Waals surface area contributed by atoms with Crippen LogP contribution >= 0.6 is 11.8 Å². The van der Waals surface area contributed by atoms with Gasteiger partial charge in [-0.25, -0.2) is 0 Å². The summed E-state index contributed by atoms with van der Waals surface area (Å²) in [6, 6.07) is 4.23. The molecule has 0 fully saturated rings. The molecule has 0 heterocycles. The highest BCUT2D eigenvalue weighted by atomic mass is 32.2. The fraction of sp³-hybridized carbons (Fsp3) is 0.417. The summed E-state index contributed by atoms with van der Waals surface area (Å²) in [5, 5.41) is 13.1. The van der Waals surface area contributed by atoms with Crippen molar-refractivity contribution in [1.82, 2.24) is 0 Å². The van der Waals surface area contributed by atoms with Gasteiger partial charge in [0.25, 0.3) is 0 Å². The minimum absolute atomic E-state index is 0.715. The molecule has 1 aromatic carbocycles. The molecule has 3 heteroatoms. The van der Waals surface area contributed by atoms with Crippen LogP contribution in [0.25, 0.3) is 0 Å². The van der Waals surface area contributed by atoms with Crippen molar-refractivity contribution in [1.29, 1.82) is 0 Å². The highest BCUT2D eigenvalue weighted by Crippen LogP contribution is 2.22. The van der Waals surface area contributed by atoms with Crippen LogP contribution in [0.4, 0.5) is 0 Å². The second-order valence-electron chi connectivity index (χ2n) is 3.61. The van der Waals surface area contributed by atoms with E-state index in [9.17, 15) is 0 Å². The van der Waals surface area contributed by atoms with Gasteiger partial charge in [-0.1, -0.05) is 29.8 Å². The van der Waals surface area contributed by atoms with Gasteiger partial charge in [0.05, 0.1) is 0 Å². The first-order chi connectivity index (χ1) is 7.10. The number of hydrogen-bond donors (Lipinski definition) is 1. The maximum Gasteiger partial charge on any atom is 0.143 e. The molecular formula is C12H17NOS. The largest absolute Gasteiger partial charge is 0.410 e. The van der Waals surface area contributed by atoms with E-state index in [-0.39, 0.29) is 0 Å². The lowest BCUT2D eigenvalue weighted by atomic mass is 10.0. The average Bonchev–Trinajstić information content (AvgIpc) is 2.14. The minimum Gasteiger partial charge on any atom is -0.410 e. The van der Waals surface area contributed by atoms with Crippen molar-refractivity contribution < 1.29 is 5.21 Å². The molecule has 2 nitrogen and oxygen atoms in total. The monoisotopic (exact) mass is 223 g/mol. The van der Waals surface area contributed by atoms with Crippen molar-refractivity contribution in [2.45, 2.75) is 27.7 Å². The first-order valence-corrected chi connectivity index (χ1v) is 6.01. The van der Waals surface area contributed by atoms with Crippen LogP contribution in [0, 0.1) is 20.8 Å². The van der Waals surface area contributed by atoms with E-state index in [2.05, 4.69) is 45.0 Å². The van der Waals surface area contributed by atoms with E-state index < -0.39 is 0 Å². The van der Waals surface area contributed by atoms with Crippen LogP contribution in [0.1, 0.15) is 29.2 Å². The zero-order valence-electron chi connectivity index (χ0n) is 9.66. The summed E-state index contributed by atoms with van der Waals surface area (Å²) in [6.07, 6.45) is 0. The summed E-state index contributed by atoms with van der Waals surface area (Å²) in [4.78, 5) is 0. The van der Waals surface area contributed by atoms with Gasteiger partial charge in [-0.2, -0.15) is 0 Å². The Morgan fingerprint density at radius 3 is 2.20 bits per heavy atom. The number of rotatable bonds is 2. The first-order valence-electron chi connectivity index (χ1n) is 5.03. The molecule has 0 saturated carbocycles. The fourth-order valence-corrected chi connectivity index (χ4v) is 2.60. The molecule has 0 bridgehead atoms. The van der Waals surface area contributed by atoms with Gasteiger partial charge in [-0.3, -0.25) is 0 Å². The third kappa shape index (κ3) is 2.75. The molecule has 0 atom stereocenters. The average molecular weight is 223 g/mol. The van der Waals surface area contributed by atoms with Gasteiger partial charge < -0.3 is 5.21 Å². The molecule has 0 spiro atoms. The maximum atomic E-state index is 9.00. The van der Waals surface area contributed by atoms with E-state index in [1.807, 2.05) is 0 Å². The Hall–Kier alpha value is -0.960.